The van der Waals surface area contributed by atoms with Gasteiger partial charge in [-0.1, -0.05) is 36.4 Å². The Morgan fingerprint density at radius 3 is 2.66 bits per heavy atom. The van der Waals surface area contributed by atoms with Gasteiger partial charge in [-0.3, -0.25) is 9.79 Å². The number of nitrogen functional groups attached to an aromatic ring is 1. The molecule has 1 amide bonds. The first-order valence-corrected chi connectivity index (χ1v) is 11.4. The number of nitrogens with two attached hydrogens (primary N) is 1. The number of aliphatic imine (C=N–C) groups is 1. The molecule has 0 atom stereocenters. The molecule has 0 radical (unpaired) electrons. The number of thiophene rings is 1. The van der Waals surface area contributed by atoms with Gasteiger partial charge in [0, 0.05) is 47.9 Å². The maximum absolute atomic E-state index is 12.8. The summed E-state index contributed by atoms with van der Waals surface area (Å²) < 4.78 is 0. The average molecular weight is 446 g/mol. The van der Waals surface area contributed by atoms with Gasteiger partial charge in [-0.2, -0.15) is 0 Å². The van der Waals surface area contributed by atoms with Crippen molar-refractivity contribution in [2.75, 3.05) is 42.1 Å². The molecular formula is C25H27N5OS. The van der Waals surface area contributed by atoms with Crippen LogP contribution < -0.4 is 21.3 Å². The molecular weight excluding hydrogens is 418 g/mol. The van der Waals surface area contributed by atoms with E-state index in [1.54, 1.807) is 6.92 Å². The van der Waals surface area contributed by atoms with Gasteiger partial charge >= 0.3 is 0 Å². The van der Waals surface area contributed by atoms with E-state index in [9.17, 15) is 4.79 Å². The first kappa shape index (κ1) is 21.8. The van der Waals surface area contributed by atoms with Crippen LogP contribution in [0.2, 0.25) is 0 Å². The third kappa shape index (κ3) is 4.90. The largest absolute Gasteiger partial charge is 0.389 e. The molecule has 0 bridgehead atoms. The second kappa shape index (κ2) is 9.80. The first-order valence-electron chi connectivity index (χ1n) is 10.6. The van der Waals surface area contributed by atoms with Crippen molar-refractivity contribution >= 4 is 52.1 Å². The molecule has 4 rings (SSSR count). The number of anilines is 3. The number of amides is 1. The van der Waals surface area contributed by atoms with E-state index < -0.39 is 0 Å². The summed E-state index contributed by atoms with van der Waals surface area (Å²) in [5, 5.41) is 6.88. The van der Waals surface area contributed by atoms with E-state index >= 15 is 0 Å². The Balaban J connectivity index is 1.51. The summed E-state index contributed by atoms with van der Waals surface area (Å²) in [7, 11) is 0. The van der Waals surface area contributed by atoms with Crippen molar-refractivity contribution in [1.82, 2.24) is 5.32 Å². The van der Waals surface area contributed by atoms with E-state index in [1.165, 1.54) is 11.3 Å². The minimum atomic E-state index is -0.199. The molecule has 0 spiro atoms. The minimum absolute atomic E-state index is 0.199. The monoisotopic (exact) mass is 445 g/mol. The Bertz CT molecular complexity index is 1150. The lowest BCUT2D eigenvalue weighted by atomic mass is 10.1. The Labute approximate surface area is 192 Å². The summed E-state index contributed by atoms with van der Waals surface area (Å²) in [5.41, 5.74) is 11.2. The Morgan fingerprint density at radius 2 is 1.94 bits per heavy atom. The molecule has 1 aliphatic rings. The van der Waals surface area contributed by atoms with E-state index in [-0.39, 0.29) is 5.91 Å². The molecule has 1 aliphatic heterocycles. The molecule has 1 aromatic heterocycles. The van der Waals surface area contributed by atoms with Crippen LogP contribution in [0.1, 0.15) is 12.5 Å². The predicted octanol–water partition coefficient (Wildman–Crippen LogP) is 4.78. The molecule has 164 valence electrons. The van der Waals surface area contributed by atoms with Gasteiger partial charge in [-0.15, -0.1) is 11.3 Å². The van der Waals surface area contributed by atoms with Gasteiger partial charge < -0.3 is 21.3 Å². The topological polar surface area (TPSA) is 82.8 Å². The van der Waals surface area contributed by atoms with Crippen molar-refractivity contribution in [1.29, 1.82) is 0 Å². The number of piperazine rings is 1. The van der Waals surface area contributed by atoms with E-state index in [2.05, 4.69) is 33.3 Å². The quantitative estimate of drug-likeness (QED) is 0.377. The number of carbonyl (C=O) groups is 1. The lowest BCUT2D eigenvalue weighted by molar-refractivity contribution is -0.112. The molecule has 2 heterocycles. The SMILES string of the molecule is C=Nc1cc(N2CCNCC2)ccc1/C=C(\C)C(=O)Nc1cc(-c2ccccc2)sc1N. The summed E-state index contributed by atoms with van der Waals surface area (Å²) in [5.74, 6) is -0.199. The van der Waals surface area contributed by atoms with Gasteiger partial charge in [0.05, 0.1) is 11.4 Å². The highest BCUT2D eigenvalue weighted by Gasteiger charge is 2.14. The smallest absolute Gasteiger partial charge is 0.251 e. The molecule has 1 saturated heterocycles. The molecule has 7 heteroatoms. The van der Waals surface area contributed by atoms with Gasteiger partial charge in [0.2, 0.25) is 0 Å². The molecule has 6 nitrogen and oxygen atoms in total. The van der Waals surface area contributed by atoms with E-state index in [0.29, 0.717) is 16.3 Å². The highest BCUT2D eigenvalue weighted by molar-refractivity contribution is 7.20. The standard InChI is InChI=1S/C25H27N5OS/c1-17(14-19-8-9-20(15-21(19)27-2)30-12-10-28-11-13-30)25(31)29-22-16-23(32-24(22)26)18-6-4-3-5-7-18/h3-9,14-16,28H,2,10-13,26H2,1H3,(H,29,31)/b17-14+. The zero-order chi connectivity index (χ0) is 22.5. The van der Waals surface area contributed by atoms with Crippen LogP contribution in [-0.4, -0.2) is 38.8 Å². The number of hydrogen-bond acceptors (Lipinski definition) is 6. The summed E-state index contributed by atoms with van der Waals surface area (Å²) in [6.07, 6.45) is 1.83. The minimum Gasteiger partial charge on any atom is -0.389 e. The molecule has 3 aromatic rings. The summed E-state index contributed by atoms with van der Waals surface area (Å²) >= 11 is 1.46. The second-order valence-corrected chi connectivity index (χ2v) is 8.76. The second-order valence-electron chi connectivity index (χ2n) is 7.67. The number of carbonyl (C=O) groups excluding carboxylic acids is 1. The van der Waals surface area contributed by atoms with E-state index in [1.807, 2.05) is 54.6 Å². The third-order valence-electron chi connectivity index (χ3n) is 5.46. The van der Waals surface area contributed by atoms with Crippen LogP contribution in [0.5, 0.6) is 0 Å². The third-order valence-corrected chi connectivity index (χ3v) is 6.48. The Hall–Kier alpha value is -3.42. The fourth-order valence-electron chi connectivity index (χ4n) is 3.68. The van der Waals surface area contributed by atoms with Gasteiger partial charge in [0.15, 0.2) is 0 Å². The maximum atomic E-state index is 12.8. The maximum Gasteiger partial charge on any atom is 0.251 e. The molecule has 4 N–H and O–H groups in total. The number of nitrogens with zero attached hydrogens (tertiary/aromatic N) is 2. The zero-order valence-corrected chi connectivity index (χ0v) is 18.9. The van der Waals surface area contributed by atoms with Gasteiger partial charge in [-0.25, -0.2) is 0 Å². The van der Waals surface area contributed by atoms with E-state index in [0.717, 1.165) is 53.6 Å². The zero-order valence-electron chi connectivity index (χ0n) is 18.1. The van der Waals surface area contributed by atoms with Crippen molar-refractivity contribution in [3.05, 3.63) is 65.7 Å². The van der Waals surface area contributed by atoms with Crippen LogP contribution in [0.3, 0.4) is 0 Å². The van der Waals surface area contributed by atoms with Gasteiger partial charge in [-0.05, 0) is 43.5 Å². The summed E-state index contributed by atoms with van der Waals surface area (Å²) in [4.78, 5) is 20.4. The number of benzene rings is 2. The lowest BCUT2D eigenvalue weighted by Crippen LogP contribution is -2.43. The van der Waals surface area contributed by atoms with Gasteiger partial charge in [0.25, 0.3) is 5.91 Å². The predicted molar refractivity (Wildman–Crippen MR) is 137 cm³/mol. The highest BCUT2D eigenvalue weighted by atomic mass is 32.1. The number of rotatable bonds is 6. The summed E-state index contributed by atoms with van der Waals surface area (Å²) in [6.45, 7) is 9.35. The van der Waals surface area contributed by atoms with Crippen LogP contribution >= 0.6 is 11.3 Å². The van der Waals surface area contributed by atoms with Crippen LogP contribution in [0.4, 0.5) is 22.1 Å². The molecule has 32 heavy (non-hydrogen) atoms. The lowest BCUT2D eigenvalue weighted by Gasteiger charge is -2.29. The van der Waals surface area contributed by atoms with Gasteiger partial charge in [0.1, 0.15) is 5.00 Å². The fourth-order valence-corrected chi connectivity index (χ4v) is 4.57. The fraction of sp³-hybridized carbons (Fsp3) is 0.200. The number of nitrogens with one attached hydrogen (secondary N) is 2. The first-order chi connectivity index (χ1) is 15.5. The van der Waals surface area contributed by atoms with Crippen LogP contribution in [0.25, 0.3) is 16.5 Å². The van der Waals surface area contributed by atoms with Crippen LogP contribution in [0, 0.1) is 0 Å². The van der Waals surface area contributed by atoms with Crippen molar-refractivity contribution in [2.45, 2.75) is 6.92 Å². The molecule has 0 aliphatic carbocycles. The normalized spacial score (nSPS) is 14.3. The van der Waals surface area contributed by atoms with Crippen molar-refractivity contribution in [3.63, 3.8) is 0 Å². The van der Waals surface area contributed by atoms with Crippen molar-refractivity contribution in [3.8, 4) is 10.4 Å². The molecule has 0 unspecified atom stereocenters. The van der Waals surface area contributed by atoms with Crippen LogP contribution in [-0.2, 0) is 4.79 Å². The summed E-state index contributed by atoms with van der Waals surface area (Å²) in [6, 6.07) is 18.0. The van der Waals surface area contributed by atoms with Crippen molar-refractivity contribution in [2.24, 2.45) is 4.99 Å². The molecule has 1 fully saturated rings. The molecule has 0 saturated carbocycles. The highest BCUT2D eigenvalue weighted by Crippen LogP contribution is 2.37. The Kier molecular flexibility index (Phi) is 6.68. The van der Waals surface area contributed by atoms with E-state index in [4.69, 9.17) is 5.73 Å². The van der Waals surface area contributed by atoms with Crippen molar-refractivity contribution < 1.29 is 4.79 Å². The van der Waals surface area contributed by atoms with Crippen LogP contribution in [0.15, 0.2) is 65.2 Å². The molecule has 2 aromatic carbocycles. The number of hydrogen-bond donors (Lipinski definition) is 3. The Morgan fingerprint density at radius 1 is 1.19 bits per heavy atom. The average Bonchev–Trinajstić information content (AvgIpc) is 3.20.